The highest BCUT2D eigenvalue weighted by atomic mass is 35.5. The van der Waals surface area contributed by atoms with Gasteiger partial charge >= 0.3 is 0 Å². The molecule has 3 aromatic rings. The number of benzene rings is 1. The molecule has 3 heterocycles. The summed E-state index contributed by atoms with van der Waals surface area (Å²) in [7, 11) is 0. The summed E-state index contributed by atoms with van der Waals surface area (Å²) in [6, 6.07) is 11.2. The molecule has 2 unspecified atom stereocenters. The lowest BCUT2D eigenvalue weighted by Gasteiger charge is -2.28. The molecule has 0 spiro atoms. The van der Waals surface area contributed by atoms with Crippen LogP contribution in [0.15, 0.2) is 30.3 Å². The summed E-state index contributed by atoms with van der Waals surface area (Å²) in [6.45, 7) is 3.15. The van der Waals surface area contributed by atoms with Crippen molar-refractivity contribution >= 4 is 60.5 Å². The van der Waals surface area contributed by atoms with Crippen LogP contribution in [0.5, 0.6) is 0 Å². The SMILES string of the molecule is CC1CC(NC(=O)c2cc3sc4ccccc4c3s2)CCN1.Cl. The van der Waals surface area contributed by atoms with Crippen LogP contribution in [-0.4, -0.2) is 24.5 Å². The van der Waals surface area contributed by atoms with E-state index in [9.17, 15) is 4.79 Å². The molecule has 3 nitrogen and oxygen atoms in total. The summed E-state index contributed by atoms with van der Waals surface area (Å²) >= 11 is 3.38. The summed E-state index contributed by atoms with van der Waals surface area (Å²) in [5.74, 6) is 0.0802. The minimum atomic E-state index is 0. The lowest BCUT2D eigenvalue weighted by atomic mass is 10.0. The number of hydrogen-bond donors (Lipinski definition) is 2. The predicted octanol–water partition coefficient (Wildman–Crippen LogP) is 4.41. The minimum Gasteiger partial charge on any atom is -0.349 e. The Bertz CT molecular complexity index is 841. The normalized spacial score (nSPS) is 21.3. The van der Waals surface area contributed by atoms with E-state index in [4.69, 9.17) is 0 Å². The highest BCUT2D eigenvalue weighted by Crippen LogP contribution is 2.39. The quantitative estimate of drug-likeness (QED) is 0.705. The lowest BCUT2D eigenvalue weighted by Crippen LogP contribution is -2.46. The number of hydrogen-bond acceptors (Lipinski definition) is 4. The van der Waals surface area contributed by atoms with Crippen molar-refractivity contribution in [2.24, 2.45) is 0 Å². The van der Waals surface area contributed by atoms with Crippen molar-refractivity contribution in [1.82, 2.24) is 10.6 Å². The van der Waals surface area contributed by atoms with Gasteiger partial charge in [-0.25, -0.2) is 0 Å². The number of nitrogens with one attached hydrogen (secondary N) is 2. The zero-order valence-corrected chi connectivity index (χ0v) is 15.2. The second-order valence-electron chi connectivity index (χ2n) is 5.95. The molecule has 1 fully saturated rings. The van der Waals surface area contributed by atoms with E-state index in [0.29, 0.717) is 12.1 Å². The van der Waals surface area contributed by atoms with Crippen LogP contribution in [0.1, 0.15) is 29.4 Å². The maximum absolute atomic E-state index is 12.5. The monoisotopic (exact) mass is 366 g/mol. The van der Waals surface area contributed by atoms with Crippen LogP contribution in [0.4, 0.5) is 0 Å². The first-order valence-electron chi connectivity index (χ1n) is 7.66. The zero-order chi connectivity index (χ0) is 15.1. The van der Waals surface area contributed by atoms with Gasteiger partial charge in [0.1, 0.15) is 0 Å². The molecule has 1 amide bonds. The van der Waals surface area contributed by atoms with Gasteiger partial charge < -0.3 is 10.6 Å². The molecule has 1 aliphatic heterocycles. The molecule has 1 saturated heterocycles. The van der Waals surface area contributed by atoms with Gasteiger partial charge in [0.05, 0.1) is 9.58 Å². The average molecular weight is 367 g/mol. The lowest BCUT2D eigenvalue weighted by molar-refractivity contribution is 0.0930. The first kappa shape index (κ1) is 16.7. The summed E-state index contributed by atoms with van der Waals surface area (Å²) in [4.78, 5) is 13.3. The number of halogens is 1. The van der Waals surface area contributed by atoms with Gasteiger partial charge in [-0.2, -0.15) is 0 Å². The van der Waals surface area contributed by atoms with Crippen molar-refractivity contribution in [2.75, 3.05) is 6.54 Å². The van der Waals surface area contributed by atoms with E-state index in [-0.39, 0.29) is 18.3 Å². The zero-order valence-electron chi connectivity index (χ0n) is 12.8. The third-order valence-corrected chi connectivity index (χ3v) is 6.65. The fraction of sp³-hybridized carbons (Fsp3) is 0.353. The van der Waals surface area contributed by atoms with E-state index in [1.807, 2.05) is 6.07 Å². The fourth-order valence-corrected chi connectivity index (χ4v) is 5.56. The smallest absolute Gasteiger partial charge is 0.261 e. The van der Waals surface area contributed by atoms with Crippen LogP contribution >= 0.6 is 35.1 Å². The van der Waals surface area contributed by atoms with Crippen LogP contribution in [-0.2, 0) is 0 Å². The van der Waals surface area contributed by atoms with E-state index in [1.165, 1.54) is 19.5 Å². The number of piperidine rings is 1. The molecule has 6 heteroatoms. The molecule has 1 aromatic carbocycles. The Morgan fingerprint density at radius 1 is 1.26 bits per heavy atom. The van der Waals surface area contributed by atoms with Crippen molar-refractivity contribution in [3.8, 4) is 0 Å². The van der Waals surface area contributed by atoms with Crippen molar-refractivity contribution in [3.05, 3.63) is 35.2 Å². The maximum atomic E-state index is 12.5. The standard InChI is InChI=1S/C17H18N2OS2.ClH/c1-10-8-11(6-7-18-10)19-17(20)15-9-14-16(22-15)12-4-2-3-5-13(12)21-14;/h2-5,9-11,18H,6-8H2,1H3,(H,19,20);1H. The number of carbonyl (C=O) groups is 1. The Balaban J connectivity index is 0.00000156. The summed E-state index contributed by atoms with van der Waals surface area (Å²) in [5, 5.41) is 7.88. The van der Waals surface area contributed by atoms with Crippen LogP contribution in [0.3, 0.4) is 0 Å². The van der Waals surface area contributed by atoms with Crippen molar-refractivity contribution in [1.29, 1.82) is 0 Å². The molecule has 0 bridgehead atoms. The summed E-state index contributed by atoms with van der Waals surface area (Å²) in [5.41, 5.74) is 0. The van der Waals surface area contributed by atoms with Crippen LogP contribution < -0.4 is 10.6 Å². The van der Waals surface area contributed by atoms with E-state index >= 15 is 0 Å². The molecule has 1 aliphatic rings. The molecule has 0 saturated carbocycles. The van der Waals surface area contributed by atoms with Gasteiger partial charge in [0.15, 0.2) is 0 Å². The first-order valence-corrected chi connectivity index (χ1v) is 9.29. The van der Waals surface area contributed by atoms with Gasteiger partial charge in [-0.15, -0.1) is 35.1 Å². The molecule has 23 heavy (non-hydrogen) atoms. The van der Waals surface area contributed by atoms with Gasteiger partial charge in [0.2, 0.25) is 0 Å². The molecular weight excluding hydrogens is 348 g/mol. The largest absolute Gasteiger partial charge is 0.349 e. The molecule has 2 atom stereocenters. The van der Waals surface area contributed by atoms with Gasteiger partial charge in [0.25, 0.3) is 5.91 Å². The van der Waals surface area contributed by atoms with Crippen LogP contribution in [0.25, 0.3) is 19.5 Å². The van der Waals surface area contributed by atoms with Gasteiger partial charge in [-0.3, -0.25) is 4.79 Å². The van der Waals surface area contributed by atoms with E-state index in [2.05, 4.69) is 41.8 Å². The maximum Gasteiger partial charge on any atom is 0.261 e. The molecular formula is C17H19ClN2OS2. The molecule has 122 valence electrons. The second kappa shape index (κ2) is 6.77. The molecule has 4 rings (SSSR count). The third-order valence-electron chi connectivity index (χ3n) is 4.23. The molecule has 0 radical (unpaired) electrons. The van der Waals surface area contributed by atoms with E-state index in [0.717, 1.165) is 24.3 Å². The highest BCUT2D eigenvalue weighted by Gasteiger charge is 2.22. The van der Waals surface area contributed by atoms with Crippen LogP contribution in [0.2, 0.25) is 0 Å². The third kappa shape index (κ3) is 3.24. The number of amides is 1. The van der Waals surface area contributed by atoms with Gasteiger partial charge in [-0.1, -0.05) is 18.2 Å². The predicted molar refractivity (Wildman–Crippen MR) is 102 cm³/mol. The Morgan fingerprint density at radius 2 is 2.09 bits per heavy atom. The highest BCUT2D eigenvalue weighted by molar-refractivity contribution is 7.33. The van der Waals surface area contributed by atoms with Crippen LogP contribution in [0, 0.1) is 0 Å². The Kier molecular flexibility index (Phi) is 4.92. The molecule has 2 aromatic heterocycles. The topological polar surface area (TPSA) is 41.1 Å². The van der Waals surface area contributed by atoms with Crippen molar-refractivity contribution in [2.45, 2.75) is 31.8 Å². The number of carbonyl (C=O) groups excluding carboxylic acids is 1. The Hall–Kier alpha value is -1.14. The number of fused-ring (bicyclic) bond motifs is 3. The van der Waals surface area contributed by atoms with Crippen molar-refractivity contribution in [3.63, 3.8) is 0 Å². The molecule has 2 N–H and O–H groups in total. The Labute approximate surface area is 149 Å². The number of rotatable bonds is 2. The molecule has 0 aliphatic carbocycles. The van der Waals surface area contributed by atoms with Gasteiger partial charge in [-0.05, 0) is 38.4 Å². The summed E-state index contributed by atoms with van der Waals surface area (Å²) < 4.78 is 3.75. The van der Waals surface area contributed by atoms with E-state index in [1.54, 1.807) is 22.7 Å². The van der Waals surface area contributed by atoms with Crippen molar-refractivity contribution < 1.29 is 4.79 Å². The Morgan fingerprint density at radius 3 is 2.91 bits per heavy atom. The first-order chi connectivity index (χ1) is 10.7. The van der Waals surface area contributed by atoms with E-state index < -0.39 is 0 Å². The second-order valence-corrected chi connectivity index (χ2v) is 8.09. The minimum absolute atomic E-state index is 0. The fourth-order valence-electron chi connectivity index (χ4n) is 3.13. The average Bonchev–Trinajstić information content (AvgIpc) is 3.05. The number of thiophene rings is 2. The summed E-state index contributed by atoms with van der Waals surface area (Å²) in [6.07, 6.45) is 2.02. The van der Waals surface area contributed by atoms with Gasteiger partial charge in [0, 0.05) is 26.9 Å².